The minimum Gasteiger partial charge on any atom is -0.450 e. The summed E-state index contributed by atoms with van der Waals surface area (Å²) >= 11 is 0. The van der Waals surface area contributed by atoms with E-state index in [2.05, 4.69) is 13.0 Å². The smallest absolute Gasteiger partial charge is 0.450 e. The van der Waals surface area contributed by atoms with Crippen molar-refractivity contribution in [1.82, 2.24) is 0 Å². The molecule has 2 rings (SSSR count). The van der Waals surface area contributed by atoms with Crippen LogP contribution in [0.3, 0.4) is 0 Å². The quantitative estimate of drug-likeness (QED) is 0.536. The van der Waals surface area contributed by atoms with Gasteiger partial charge in [0.1, 0.15) is 6.10 Å². The maximum atomic E-state index is 10.9. The lowest BCUT2D eigenvalue weighted by atomic mass is 9.98. The van der Waals surface area contributed by atoms with Gasteiger partial charge in [-0.1, -0.05) is 56.2 Å². The van der Waals surface area contributed by atoms with Gasteiger partial charge >= 0.3 is 6.16 Å². The Balaban J connectivity index is 2.14. The molecule has 1 atom stereocenters. The molecule has 2 aromatic carbocycles. The van der Waals surface area contributed by atoms with E-state index < -0.39 is 12.3 Å². The van der Waals surface area contributed by atoms with Gasteiger partial charge in [0, 0.05) is 0 Å². The maximum absolute atomic E-state index is 10.9. The zero-order valence-electron chi connectivity index (χ0n) is 13.7. The van der Waals surface area contributed by atoms with Crippen molar-refractivity contribution < 1.29 is 14.6 Å². The largest absolute Gasteiger partial charge is 0.506 e. The van der Waals surface area contributed by atoms with E-state index in [-0.39, 0.29) is 0 Å². The number of nitrogens with zero attached hydrogens (tertiary/aromatic N) is 1. The second-order valence-corrected chi connectivity index (χ2v) is 5.68. The molecule has 4 heteroatoms. The molecular weight excluding hydrogens is 302 g/mol. The normalized spacial score (nSPS) is 11.5. The highest BCUT2D eigenvalue weighted by Crippen LogP contribution is 2.27. The van der Waals surface area contributed by atoms with Gasteiger partial charge < -0.3 is 9.84 Å². The van der Waals surface area contributed by atoms with E-state index in [1.54, 1.807) is 12.1 Å². The van der Waals surface area contributed by atoms with E-state index in [4.69, 9.17) is 15.1 Å². The number of unbranched alkanes of at least 4 members (excludes halogenated alkanes) is 2. The number of carbonyl (C=O) groups is 1. The molecule has 0 spiro atoms. The van der Waals surface area contributed by atoms with Crippen LogP contribution in [0.5, 0.6) is 0 Å². The molecular formula is C20H21NO3. The summed E-state index contributed by atoms with van der Waals surface area (Å²) in [5.74, 6) is 0. The van der Waals surface area contributed by atoms with E-state index in [1.165, 1.54) is 0 Å². The topological polar surface area (TPSA) is 70.3 Å². The van der Waals surface area contributed by atoms with Crippen LogP contribution in [-0.4, -0.2) is 11.3 Å². The first-order valence-corrected chi connectivity index (χ1v) is 8.14. The van der Waals surface area contributed by atoms with Crippen LogP contribution < -0.4 is 0 Å². The molecule has 0 heterocycles. The third kappa shape index (κ3) is 4.85. The van der Waals surface area contributed by atoms with Crippen LogP contribution in [0.1, 0.15) is 49.8 Å². The van der Waals surface area contributed by atoms with Gasteiger partial charge in [0.05, 0.1) is 11.6 Å². The predicted octanol–water partition coefficient (Wildman–Crippen LogP) is 5.54. The lowest BCUT2D eigenvalue weighted by Gasteiger charge is -2.16. The number of rotatable bonds is 7. The van der Waals surface area contributed by atoms with Crippen LogP contribution in [0.2, 0.25) is 0 Å². The molecule has 0 saturated carbocycles. The van der Waals surface area contributed by atoms with Crippen molar-refractivity contribution in [3.8, 4) is 17.2 Å². The van der Waals surface area contributed by atoms with Crippen LogP contribution in [0, 0.1) is 11.3 Å². The molecule has 2 aromatic rings. The summed E-state index contributed by atoms with van der Waals surface area (Å²) in [5.41, 5.74) is 3.53. The molecule has 0 aliphatic carbocycles. The Hall–Kier alpha value is -2.80. The molecule has 4 nitrogen and oxygen atoms in total. The minimum atomic E-state index is -1.24. The van der Waals surface area contributed by atoms with Gasteiger partial charge in [-0.25, -0.2) is 4.79 Å². The maximum Gasteiger partial charge on any atom is 0.506 e. The van der Waals surface area contributed by atoms with E-state index in [9.17, 15) is 4.79 Å². The van der Waals surface area contributed by atoms with Crippen molar-refractivity contribution >= 4 is 6.16 Å². The van der Waals surface area contributed by atoms with Gasteiger partial charge in [0.2, 0.25) is 0 Å². The molecule has 0 aliphatic heterocycles. The van der Waals surface area contributed by atoms with Crippen molar-refractivity contribution in [2.24, 2.45) is 0 Å². The molecule has 0 amide bonds. The van der Waals surface area contributed by atoms with Gasteiger partial charge in [-0.15, -0.1) is 0 Å². The van der Waals surface area contributed by atoms with E-state index in [1.807, 2.05) is 36.4 Å². The number of hydrogen-bond acceptors (Lipinski definition) is 3. The third-order valence-corrected chi connectivity index (χ3v) is 3.94. The Morgan fingerprint density at radius 2 is 1.67 bits per heavy atom. The third-order valence-electron chi connectivity index (χ3n) is 3.94. The lowest BCUT2D eigenvalue weighted by Crippen LogP contribution is -2.09. The fourth-order valence-corrected chi connectivity index (χ4v) is 2.62. The monoisotopic (exact) mass is 323 g/mol. The zero-order valence-corrected chi connectivity index (χ0v) is 13.7. The van der Waals surface area contributed by atoms with Gasteiger partial charge in [-0.05, 0) is 41.7 Å². The van der Waals surface area contributed by atoms with E-state index in [0.29, 0.717) is 12.0 Å². The molecule has 0 radical (unpaired) electrons. The molecule has 1 unspecified atom stereocenters. The van der Waals surface area contributed by atoms with Crippen LogP contribution in [0.4, 0.5) is 4.79 Å². The molecule has 0 fully saturated rings. The summed E-state index contributed by atoms with van der Waals surface area (Å²) in [6.07, 6.45) is 2.10. The average Bonchev–Trinajstić information content (AvgIpc) is 2.61. The van der Waals surface area contributed by atoms with E-state index >= 15 is 0 Å². The molecule has 0 saturated heterocycles. The average molecular weight is 323 g/mol. The Kier molecular flexibility index (Phi) is 6.39. The van der Waals surface area contributed by atoms with Gasteiger partial charge in [-0.3, -0.25) is 0 Å². The zero-order chi connectivity index (χ0) is 17.4. The second-order valence-electron chi connectivity index (χ2n) is 5.68. The molecule has 0 aromatic heterocycles. The first-order valence-electron chi connectivity index (χ1n) is 8.14. The fourth-order valence-electron chi connectivity index (χ4n) is 2.62. The predicted molar refractivity (Wildman–Crippen MR) is 92.6 cm³/mol. The molecule has 1 N–H and O–H groups in total. The Bertz CT molecular complexity index is 699. The van der Waals surface area contributed by atoms with Gasteiger partial charge in [0.15, 0.2) is 0 Å². The van der Waals surface area contributed by atoms with E-state index in [0.717, 1.165) is 36.0 Å². The highest BCUT2D eigenvalue weighted by molar-refractivity contribution is 5.64. The van der Waals surface area contributed by atoms with Crippen molar-refractivity contribution in [2.75, 3.05) is 0 Å². The first kappa shape index (κ1) is 17.6. The molecule has 0 bridgehead atoms. The number of benzene rings is 2. The van der Waals surface area contributed by atoms with Crippen LogP contribution in [0.25, 0.3) is 11.1 Å². The number of carboxylic acid groups (broad SMARTS) is 1. The molecule has 0 aliphatic rings. The van der Waals surface area contributed by atoms with Crippen molar-refractivity contribution in [3.63, 3.8) is 0 Å². The Morgan fingerprint density at radius 3 is 2.17 bits per heavy atom. The standard InChI is InChI=1S/C20H21NO3/c1-2-3-4-5-19(24-20(22)23)18-12-10-17(11-13-18)16-8-6-15(14-21)7-9-16/h6-13,19H,2-5H2,1H3,(H,22,23). The van der Waals surface area contributed by atoms with Gasteiger partial charge in [-0.2, -0.15) is 5.26 Å². The lowest BCUT2D eigenvalue weighted by molar-refractivity contribution is 0.0465. The molecule has 24 heavy (non-hydrogen) atoms. The number of nitriles is 1. The summed E-state index contributed by atoms with van der Waals surface area (Å²) < 4.78 is 5.04. The number of ether oxygens (including phenoxy) is 1. The molecule has 124 valence electrons. The summed E-state index contributed by atoms with van der Waals surface area (Å²) in [6, 6.07) is 17.2. The van der Waals surface area contributed by atoms with Crippen LogP contribution >= 0.6 is 0 Å². The highest BCUT2D eigenvalue weighted by Gasteiger charge is 2.16. The van der Waals surface area contributed by atoms with Crippen LogP contribution in [-0.2, 0) is 4.74 Å². The first-order chi connectivity index (χ1) is 11.6. The van der Waals surface area contributed by atoms with Crippen LogP contribution in [0.15, 0.2) is 48.5 Å². The van der Waals surface area contributed by atoms with Crippen molar-refractivity contribution in [3.05, 3.63) is 59.7 Å². The highest BCUT2D eigenvalue weighted by atomic mass is 16.7. The Morgan fingerprint density at radius 1 is 1.08 bits per heavy atom. The van der Waals surface area contributed by atoms with Gasteiger partial charge in [0.25, 0.3) is 0 Å². The summed E-state index contributed by atoms with van der Waals surface area (Å²) in [5, 5.41) is 17.8. The van der Waals surface area contributed by atoms with Crippen molar-refractivity contribution in [2.45, 2.75) is 38.7 Å². The second kappa shape index (κ2) is 8.73. The number of hydrogen-bond donors (Lipinski definition) is 1. The SMILES string of the molecule is CCCCCC(OC(=O)O)c1ccc(-c2ccc(C#N)cc2)cc1. The van der Waals surface area contributed by atoms with Crippen molar-refractivity contribution in [1.29, 1.82) is 5.26 Å². The summed E-state index contributed by atoms with van der Waals surface area (Å²) in [7, 11) is 0. The summed E-state index contributed by atoms with van der Waals surface area (Å²) in [4.78, 5) is 10.9. The fraction of sp³-hybridized carbons (Fsp3) is 0.300. The minimum absolute atomic E-state index is 0.427. The Labute approximate surface area is 142 Å². The summed E-state index contributed by atoms with van der Waals surface area (Å²) in [6.45, 7) is 2.11.